The number of ether oxygens (including phenoxy) is 2. The van der Waals surface area contributed by atoms with E-state index in [9.17, 15) is 10.1 Å². The molecule has 0 amide bonds. The highest BCUT2D eigenvalue weighted by atomic mass is 35.5. The van der Waals surface area contributed by atoms with Crippen molar-refractivity contribution in [3.8, 4) is 17.7 Å². The second-order valence-electron chi connectivity index (χ2n) is 7.03. The Kier molecular flexibility index (Phi) is 5.65. The summed E-state index contributed by atoms with van der Waals surface area (Å²) >= 11 is 6.07. The Morgan fingerprint density at radius 3 is 2.71 bits per heavy atom. The van der Waals surface area contributed by atoms with Gasteiger partial charge < -0.3 is 15.2 Å². The minimum absolute atomic E-state index is 0.0313. The van der Waals surface area contributed by atoms with Crippen LogP contribution in [-0.4, -0.2) is 16.2 Å². The Bertz CT molecular complexity index is 1210. The van der Waals surface area contributed by atoms with Crippen LogP contribution in [-0.2, 0) is 6.42 Å². The van der Waals surface area contributed by atoms with E-state index in [0.29, 0.717) is 22.2 Å². The highest BCUT2D eigenvalue weighted by Crippen LogP contribution is 2.43. The first-order valence-corrected chi connectivity index (χ1v) is 10.1. The third-order valence-corrected chi connectivity index (χ3v) is 5.37. The molecule has 0 saturated carbocycles. The summed E-state index contributed by atoms with van der Waals surface area (Å²) in [4.78, 5) is 12.4. The monoisotopic (exact) mass is 434 g/mol. The van der Waals surface area contributed by atoms with Crippen molar-refractivity contribution >= 4 is 17.6 Å². The molecular weight excluding hydrogens is 416 g/mol. The SMILES string of the molecule is CCCc1[nH]nc2c1[C@@H](c1ccc(OC(=O)c3ccccc3Cl)cc1)C(C#N)=C(N)O2. The van der Waals surface area contributed by atoms with E-state index in [2.05, 4.69) is 23.2 Å². The quantitative estimate of drug-likeness (QED) is 0.452. The molecule has 1 atom stereocenters. The van der Waals surface area contributed by atoms with Gasteiger partial charge in [-0.25, -0.2) is 4.79 Å². The van der Waals surface area contributed by atoms with Gasteiger partial charge in [-0.1, -0.05) is 49.2 Å². The van der Waals surface area contributed by atoms with Gasteiger partial charge in [0.1, 0.15) is 17.4 Å². The number of rotatable bonds is 5. The van der Waals surface area contributed by atoms with Crippen molar-refractivity contribution in [2.75, 3.05) is 0 Å². The number of fused-ring (bicyclic) bond motifs is 1. The number of nitrogens with two attached hydrogens (primary N) is 1. The van der Waals surface area contributed by atoms with Crippen molar-refractivity contribution in [2.24, 2.45) is 5.73 Å². The lowest BCUT2D eigenvalue weighted by molar-refractivity contribution is 0.0735. The van der Waals surface area contributed by atoms with Gasteiger partial charge in [0, 0.05) is 11.3 Å². The molecule has 8 heteroatoms. The number of aryl methyl sites for hydroxylation is 1. The normalized spacial score (nSPS) is 15.1. The molecule has 0 aliphatic carbocycles. The first kappa shape index (κ1) is 20.5. The van der Waals surface area contributed by atoms with E-state index in [0.717, 1.165) is 29.7 Å². The maximum Gasteiger partial charge on any atom is 0.345 e. The molecular formula is C23H19ClN4O3. The van der Waals surface area contributed by atoms with E-state index in [1.165, 1.54) is 0 Å². The number of hydrogen-bond donors (Lipinski definition) is 2. The van der Waals surface area contributed by atoms with Crippen LogP contribution in [0.5, 0.6) is 11.6 Å². The van der Waals surface area contributed by atoms with E-state index in [1.807, 2.05) is 0 Å². The van der Waals surface area contributed by atoms with E-state index < -0.39 is 11.9 Å². The molecule has 1 aromatic heterocycles. The summed E-state index contributed by atoms with van der Waals surface area (Å²) in [6, 6.07) is 15.8. The molecule has 0 radical (unpaired) electrons. The summed E-state index contributed by atoms with van der Waals surface area (Å²) in [6.07, 6.45) is 1.66. The second kappa shape index (κ2) is 8.54. The molecule has 1 aliphatic heterocycles. The summed E-state index contributed by atoms with van der Waals surface area (Å²) in [7, 11) is 0. The molecule has 3 N–H and O–H groups in total. The third-order valence-electron chi connectivity index (χ3n) is 5.04. The molecule has 2 aromatic carbocycles. The van der Waals surface area contributed by atoms with Crippen LogP contribution in [0.4, 0.5) is 0 Å². The number of carbonyl (C=O) groups is 1. The number of esters is 1. The predicted octanol–water partition coefficient (Wildman–Crippen LogP) is 4.45. The van der Waals surface area contributed by atoms with Gasteiger partial charge in [-0.05, 0) is 36.2 Å². The minimum atomic E-state index is -0.548. The lowest BCUT2D eigenvalue weighted by Crippen LogP contribution is -2.21. The Hall–Kier alpha value is -3.76. The Morgan fingerprint density at radius 2 is 2.03 bits per heavy atom. The van der Waals surface area contributed by atoms with Gasteiger partial charge in [0.2, 0.25) is 11.8 Å². The molecule has 156 valence electrons. The van der Waals surface area contributed by atoms with Gasteiger partial charge in [-0.2, -0.15) is 5.26 Å². The van der Waals surface area contributed by atoms with E-state index in [1.54, 1.807) is 48.5 Å². The lowest BCUT2D eigenvalue weighted by atomic mass is 9.83. The van der Waals surface area contributed by atoms with Crippen LogP contribution < -0.4 is 15.2 Å². The van der Waals surface area contributed by atoms with Gasteiger partial charge in [-0.3, -0.25) is 5.10 Å². The van der Waals surface area contributed by atoms with E-state index in [4.69, 9.17) is 26.8 Å². The number of nitrogens with zero attached hydrogens (tertiary/aromatic N) is 2. The molecule has 2 heterocycles. The number of nitrogens with one attached hydrogen (secondary N) is 1. The Balaban J connectivity index is 1.66. The average Bonchev–Trinajstić information content (AvgIpc) is 3.16. The fourth-order valence-corrected chi connectivity index (χ4v) is 3.81. The summed E-state index contributed by atoms with van der Waals surface area (Å²) < 4.78 is 11.0. The van der Waals surface area contributed by atoms with Crippen LogP contribution >= 0.6 is 11.6 Å². The van der Waals surface area contributed by atoms with E-state index in [-0.39, 0.29) is 11.4 Å². The van der Waals surface area contributed by atoms with Crippen LogP contribution in [0.25, 0.3) is 0 Å². The summed E-state index contributed by atoms with van der Waals surface area (Å²) in [5.41, 5.74) is 9.09. The number of hydrogen-bond acceptors (Lipinski definition) is 6. The lowest BCUT2D eigenvalue weighted by Gasteiger charge is -2.24. The number of carbonyl (C=O) groups excluding carboxylic acids is 1. The molecule has 0 unspecified atom stereocenters. The molecule has 0 bridgehead atoms. The molecule has 1 aliphatic rings. The highest BCUT2D eigenvalue weighted by Gasteiger charge is 2.34. The first-order valence-electron chi connectivity index (χ1n) is 9.74. The molecule has 0 spiro atoms. The van der Waals surface area contributed by atoms with Crippen LogP contribution in [0.2, 0.25) is 5.02 Å². The zero-order valence-corrected chi connectivity index (χ0v) is 17.4. The Labute approximate surface area is 184 Å². The fraction of sp³-hybridized carbons (Fsp3) is 0.174. The summed E-state index contributed by atoms with van der Waals surface area (Å²) in [5.74, 6) is -0.212. The van der Waals surface area contributed by atoms with Crippen molar-refractivity contribution < 1.29 is 14.3 Å². The number of allylic oxidation sites excluding steroid dienone is 1. The molecule has 7 nitrogen and oxygen atoms in total. The topological polar surface area (TPSA) is 114 Å². The third kappa shape index (κ3) is 3.86. The van der Waals surface area contributed by atoms with Gasteiger partial charge in [0.15, 0.2) is 0 Å². The average molecular weight is 435 g/mol. The van der Waals surface area contributed by atoms with Crippen LogP contribution in [0.15, 0.2) is 60.0 Å². The summed E-state index contributed by atoms with van der Waals surface area (Å²) in [5, 5.41) is 17.3. The number of H-pyrrole nitrogens is 1. The minimum Gasteiger partial charge on any atom is -0.423 e. The molecule has 4 rings (SSSR count). The number of aromatic nitrogens is 2. The number of benzene rings is 2. The Morgan fingerprint density at radius 1 is 1.29 bits per heavy atom. The zero-order chi connectivity index (χ0) is 22.0. The maximum atomic E-state index is 12.4. The van der Waals surface area contributed by atoms with Gasteiger partial charge in [-0.15, -0.1) is 5.10 Å². The van der Waals surface area contributed by atoms with Crippen molar-refractivity contribution in [1.82, 2.24) is 10.2 Å². The maximum absolute atomic E-state index is 12.4. The van der Waals surface area contributed by atoms with Crippen LogP contribution in [0.3, 0.4) is 0 Å². The molecule has 31 heavy (non-hydrogen) atoms. The van der Waals surface area contributed by atoms with Gasteiger partial charge >= 0.3 is 5.97 Å². The summed E-state index contributed by atoms with van der Waals surface area (Å²) in [6.45, 7) is 2.06. The number of halogens is 1. The largest absolute Gasteiger partial charge is 0.423 e. The number of nitriles is 1. The van der Waals surface area contributed by atoms with Crippen molar-refractivity contribution in [1.29, 1.82) is 5.26 Å². The predicted molar refractivity (Wildman–Crippen MR) is 115 cm³/mol. The van der Waals surface area contributed by atoms with Gasteiger partial charge in [0.05, 0.1) is 16.5 Å². The second-order valence-corrected chi connectivity index (χ2v) is 7.44. The van der Waals surface area contributed by atoms with Crippen LogP contribution in [0.1, 0.15) is 46.4 Å². The van der Waals surface area contributed by atoms with E-state index >= 15 is 0 Å². The van der Waals surface area contributed by atoms with Gasteiger partial charge in [0.25, 0.3) is 0 Å². The number of aromatic amines is 1. The zero-order valence-electron chi connectivity index (χ0n) is 16.7. The smallest absolute Gasteiger partial charge is 0.345 e. The molecule has 3 aromatic rings. The first-order chi connectivity index (χ1) is 15.0. The van der Waals surface area contributed by atoms with Crippen molar-refractivity contribution in [3.05, 3.63) is 87.4 Å². The van der Waals surface area contributed by atoms with Crippen LogP contribution in [0, 0.1) is 11.3 Å². The highest BCUT2D eigenvalue weighted by molar-refractivity contribution is 6.33. The standard InChI is InChI=1S/C23H19ClN4O3/c1-2-5-18-20-19(16(12-25)21(26)31-22(20)28-27-18)13-8-10-14(11-9-13)30-23(29)15-6-3-4-7-17(15)24/h3-4,6-11,19H,2,5,26H2,1H3,(H,27,28)/t19-/m0/s1. The fourth-order valence-electron chi connectivity index (χ4n) is 3.60. The molecule has 0 fully saturated rings. The molecule has 0 saturated heterocycles. The van der Waals surface area contributed by atoms with Crippen molar-refractivity contribution in [2.45, 2.75) is 25.7 Å². The van der Waals surface area contributed by atoms with Crippen molar-refractivity contribution in [3.63, 3.8) is 0 Å².